The minimum Gasteiger partial charge on any atom is -0.490 e. The quantitative estimate of drug-likeness (QED) is 0.154. The highest BCUT2D eigenvalue weighted by molar-refractivity contribution is 5.72. The predicted molar refractivity (Wildman–Crippen MR) is 149 cm³/mol. The van der Waals surface area contributed by atoms with Gasteiger partial charge in [-0.1, -0.05) is 82.3 Å². The van der Waals surface area contributed by atoms with E-state index in [0.717, 1.165) is 32.1 Å². The van der Waals surface area contributed by atoms with Gasteiger partial charge in [-0.2, -0.15) is 4.39 Å². The van der Waals surface area contributed by atoms with E-state index in [1.165, 1.54) is 37.5 Å². The summed E-state index contributed by atoms with van der Waals surface area (Å²) in [6.45, 7) is 5.01. The van der Waals surface area contributed by atoms with Crippen molar-refractivity contribution in [2.45, 2.75) is 77.4 Å². The van der Waals surface area contributed by atoms with Gasteiger partial charge in [-0.15, -0.1) is 0 Å². The van der Waals surface area contributed by atoms with Gasteiger partial charge in [0.1, 0.15) is 0 Å². The molecule has 0 saturated carbocycles. The SMILES string of the molecule is CCCCCCCC1OCC(c2ccc(-c3ccc(-c4ccc(OCCCC)c(F)c4F)cc3)c(F)c2F)CO1. The summed E-state index contributed by atoms with van der Waals surface area (Å²) < 4.78 is 76.5. The highest BCUT2D eigenvalue weighted by Crippen LogP contribution is 2.35. The monoisotopic (exact) mass is 558 g/mol. The van der Waals surface area contributed by atoms with Gasteiger partial charge in [-0.05, 0) is 48.1 Å². The molecule has 0 spiro atoms. The largest absolute Gasteiger partial charge is 0.490 e. The lowest BCUT2D eigenvalue weighted by molar-refractivity contribution is -0.190. The van der Waals surface area contributed by atoms with E-state index in [0.29, 0.717) is 17.7 Å². The zero-order valence-electron chi connectivity index (χ0n) is 23.3. The third-order valence-electron chi connectivity index (χ3n) is 7.37. The van der Waals surface area contributed by atoms with Gasteiger partial charge >= 0.3 is 0 Å². The van der Waals surface area contributed by atoms with Crippen molar-refractivity contribution in [1.82, 2.24) is 0 Å². The number of unbranched alkanes of at least 4 members (excludes halogenated alkanes) is 5. The first kappa shape index (κ1) is 30.1. The van der Waals surface area contributed by atoms with Crippen LogP contribution in [0.1, 0.15) is 76.7 Å². The van der Waals surface area contributed by atoms with Crippen molar-refractivity contribution in [2.24, 2.45) is 0 Å². The molecule has 1 aliphatic rings. The van der Waals surface area contributed by atoms with E-state index in [9.17, 15) is 8.78 Å². The lowest BCUT2D eigenvalue weighted by Gasteiger charge is -2.30. The molecule has 1 aliphatic heterocycles. The fourth-order valence-electron chi connectivity index (χ4n) is 4.93. The molecule has 0 aromatic heterocycles. The fourth-order valence-corrected chi connectivity index (χ4v) is 4.93. The molecule has 0 bridgehead atoms. The molecule has 1 fully saturated rings. The molecular formula is C33H38F4O3. The van der Waals surface area contributed by atoms with Gasteiger partial charge in [0.05, 0.1) is 19.8 Å². The zero-order chi connectivity index (χ0) is 28.5. The second kappa shape index (κ2) is 14.6. The maximum absolute atomic E-state index is 15.2. The molecule has 0 atom stereocenters. The summed E-state index contributed by atoms with van der Waals surface area (Å²) in [6, 6.07) is 12.2. The number of hydrogen-bond acceptors (Lipinski definition) is 3. The van der Waals surface area contributed by atoms with Crippen LogP contribution in [0.2, 0.25) is 0 Å². The standard InChI is InChI=1S/C33H38F4O3/c1-3-5-7-8-9-10-29-39-20-24(21-40-29)27-16-15-25(30(34)31(27)35)22-11-13-23(14-12-22)26-17-18-28(33(37)32(26)36)38-19-6-4-2/h11-18,24,29H,3-10,19-21H2,1-2H3. The number of ether oxygens (including phenoxy) is 3. The van der Waals surface area contributed by atoms with Crippen LogP contribution in [0, 0.1) is 23.3 Å². The lowest BCUT2D eigenvalue weighted by Crippen LogP contribution is -2.31. The Bertz CT molecular complexity index is 1240. The Hall–Kier alpha value is -2.90. The van der Waals surface area contributed by atoms with Gasteiger partial charge in [0.2, 0.25) is 5.82 Å². The van der Waals surface area contributed by atoms with Gasteiger partial charge in [-0.25, -0.2) is 13.2 Å². The van der Waals surface area contributed by atoms with Crippen molar-refractivity contribution in [1.29, 1.82) is 0 Å². The van der Waals surface area contributed by atoms with Crippen molar-refractivity contribution in [3.63, 3.8) is 0 Å². The molecule has 216 valence electrons. The second-order valence-corrected chi connectivity index (χ2v) is 10.3. The highest BCUT2D eigenvalue weighted by atomic mass is 19.2. The molecule has 1 saturated heterocycles. The molecule has 4 rings (SSSR count). The van der Waals surface area contributed by atoms with Crippen molar-refractivity contribution in [3.8, 4) is 28.0 Å². The third-order valence-corrected chi connectivity index (χ3v) is 7.37. The number of halogens is 4. The molecule has 0 amide bonds. The van der Waals surface area contributed by atoms with Crippen LogP contribution in [0.3, 0.4) is 0 Å². The molecule has 0 radical (unpaired) electrons. The molecular weight excluding hydrogens is 520 g/mol. The number of benzene rings is 3. The molecule has 40 heavy (non-hydrogen) atoms. The molecule has 3 aromatic rings. The topological polar surface area (TPSA) is 27.7 Å². The van der Waals surface area contributed by atoms with Crippen LogP contribution in [0.4, 0.5) is 17.6 Å². The van der Waals surface area contributed by atoms with Crippen LogP contribution in [0.15, 0.2) is 48.5 Å². The zero-order valence-corrected chi connectivity index (χ0v) is 23.3. The van der Waals surface area contributed by atoms with Gasteiger partial charge in [0.15, 0.2) is 29.5 Å². The van der Waals surface area contributed by atoms with E-state index in [1.54, 1.807) is 30.3 Å². The van der Waals surface area contributed by atoms with Crippen LogP contribution in [0.5, 0.6) is 5.75 Å². The van der Waals surface area contributed by atoms with E-state index in [-0.39, 0.29) is 41.9 Å². The minimum atomic E-state index is -1.05. The van der Waals surface area contributed by atoms with E-state index < -0.39 is 29.2 Å². The Balaban J connectivity index is 1.41. The maximum Gasteiger partial charge on any atom is 0.201 e. The lowest BCUT2D eigenvalue weighted by atomic mass is 9.94. The molecule has 3 nitrogen and oxygen atoms in total. The first-order chi connectivity index (χ1) is 19.4. The normalized spacial score (nSPS) is 17.2. The van der Waals surface area contributed by atoms with Gasteiger partial charge in [0.25, 0.3) is 0 Å². The average Bonchev–Trinajstić information content (AvgIpc) is 2.97. The van der Waals surface area contributed by atoms with Crippen molar-refractivity contribution < 1.29 is 31.8 Å². The van der Waals surface area contributed by atoms with E-state index in [2.05, 4.69) is 6.92 Å². The molecule has 3 aromatic carbocycles. The first-order valence-corrected chi connectivity index (χ1v) is 14.4. The van der Waals surface area contributed by atoms with E-state index >= 15 is 8.78 Å². The molecule has 0 aliphatic carbocycles. The summed E-state index contributed by atoms with van der Waals surface area (Å²) in [5.74, 6) is -4.48. The Morgan fingerprint density at radius 3 is 1.85 bits per heavy atom. The van der Waals surface area contributed by atoms with Crippen LogP contribution in [-0.2, 0) is 9.47 Å². The summed E-state index contributed by atoms with van der Waals surface area (Å²) in [5, 5.41) is 0. The summed E-state index contributed by atoms with van der Waals surface area (Å²) in [6.07, 6.45) is 7.89. The van der Waals surface area contributed by atoms with Gasteiger partial charge in [-0.3, -0.25) is 0 Å². The maximum atomic E-state index is 15.2. The third kappa shape index (κ3) is 7.24. The second-order valence-electron chi connectivity index (χ2n) is 10.3. The highest BCUT2D eigenvalue weighted by Gasteiger charge is 2.27. The van der Waals surface area contributed by atoms with Crippen LogP contribution >= 0.6 is 0 Å². The van der Waals surface area contributed by atoms with E-state index in [1.807, 2.05) is 6.92 Å². The van der Waals surface area contributed by atoms with Crippen molar-refractivity contribution >= 4 is 0 Å². The summed E-state index contributed by atoms with van der Waals surface area (Å²) in [4.78, 5) is 0. The molecule has 7 heteroatoms. The van der Waals surface area contributed by atoms with Gasteiger partial charge < -0.3 is 14.2 Å². The minimum absolute atomic E-state index is 0.0606. The fraction of sp³-hybridized carbons (Fsp3) is 0.455. The van der Waals surface area contributed by atoms with Crippen LogP contribution in [0.25, 0.3) is 22.3 Å². The number of hydrogen-bond donors (Lipinski definition) is 0. The smallest absolute Gasteiger partial charge is 0.201 e. The molecule has 0 N–H and O–H groups in total. The van der Waals surface area contributed by atoms with Crippen molar-refractivity contribution in [3.05, 3.63) is 77.4 Å². The van der Waals surface area contributed by atoms with Crippen LogP contribution in [-0.4, -0.2) is 26.1 Å². The Kier molecular flexibility index (Phi) is 11.0. The Labute approximate surface area is 234 Å². The van der Waals surface area contributed by atoms with Crippen LogP contribution < -0.4 is 4.74 Å². The summed E-state index contributed by atoms with van der Waals surface area (Å²) in [5.41, 5.74) is 1.20. The first-order valence-electron chi connectivity index (χ1n) is 14.4. The van der Waals surface area contributed by atoms with Crippen molar-refractivity contribution in [2.75, 3.05) is 19.8 Å². The van der Waals surface area contributed by atoms with Gasteiger partial charge in [0, 0.05) is 17.0 Å². The predicted octanol–water partition coefficient (Wildman–Crippen LogP) is 9.57. The Morgan fingerprint density at radius 1 is 0.650 bits per heavy atom. The average molecular weight is 559 g/mol. The summed E-state index contributed by atoms with van der Waals surface area (Å²) >= 11 is 0. The number of rotatable bonds is 13. The summed E-state index contributed by atoms with van der Waals surface area (Å²) in [7, 11) is 0. The van der Waals surface area contributed by atoms with E-state index in [4.69, 9.17) is 14.2 Å². The molecule has 0 unspecified atom stereocenters. The Morgan fingerprint density at radius 2 is 1.23 bits per heavy atom. The molecule has 1 heterocycles.